The Morgan fingerprint density at radius 2 is 2.00 bits per heavy atom. The second-order valence-electron chi connectivity index (χ2n) is 6.79. The summed E-state index contributed by atoms with van der Waals surface area (Å²) in [5, 5.41) is 12.8. The summed E-state index contributed by atoms with van der Waals surface area (Å²) in [7, 11) is 0. The van der Waals surface area contributed by atoms with E-state index in [1.807, 2.05) is 0 Å². The van der Waals surface area contributed by atoms with Crippen LogP contribution in [0.2, 0.25) is 0 Å². The molecule has 3 aromatic rings. The number of benzene rings is 1. The fourth-order valence-electron chi connectivity index (χ4n) is 3.36. The molecular formula is C18H20N6O4. The molecule has 0 bridgehead atoms. The van der Waals surface area contributed by atoms with Gasteiger partial charge in [0.15, 0.2) is 11.3 Å². The zero-order valence-electron chi connectivity index (χ0n) is 15.4. The largest absolute Gasteiger partial charge is 0.420 e. The highest BCUT2D eigenvalue weighted by molar-refractivity contribution is 6.04. The van der Waals surface area contributed by atoms with Gasteiger partial charge in [-0.15, -0.1) is 0 Å². The zero-order valence-corrected chi connectivity index (χ0v) is 15.4. The Labute approximate surface area is 159 Å². The molecule has 0 saturated carbocycles. The van der Waals surface area contributed by atoms with Crippen LogP contribution in [-0.2, 0) is 11.3 Å². The number of hydrogen-bond acceptors (Lipinski definition) is 6. The smallest absolute Gasteiger partial charge is 0.408 e. The highest BCUT2D eigenvalue weighted by Crippen LogP contribution is 2.20. The van der Waals surface area contributed by atoms with Gasteiger partial charge in [-0.1, -0.05) is 0 Å². The zero-order chi connectivity index (χ0) is 19.7. The number of carbonyl (C=O) groups is 2. The van der Waals surface area contributed by atoms with Crippen LogP contribution in [0.1, 0.15) is 35.4 Å². The summed E-state index contributed by atoms with van der Waals surface area (Å²) in [6.45, 7) is 3.00. The lowest BCUT2D eigenvalue weighted by Crippen LogP contribution is -2.39. The number of oxazole rings is 1. The normalized spacial score (nSPS) is 14.4. The molecule has 10 heteroatoms. The van der Waals surface area contributed by atoms with Crippen molar-refractivity contribution in [3.8, 4) is 0 Å². The summed E-state index contributed by atoms with van der Waals surface area (Å²) in [5.74, 6) is -1.14. The Morgan fingerprint density at radius 1 is 1.21 bits per heavy atom. The maximum Gasteiger partial charge on any atom is 0.420 e. The molecule has 0 radical (unpaired) electrons. The topological polar surface area (TPSA) is 126 Å². The maximum atomic E-state index is 12.6. The molecule has 1 aromatic carbocycles. The van der Waals surface area contributed by atoms with Crippen molar-refractivity contribution in [1.29, 1.82) is 0 Å². The average Bonchev–Trinajstić information content (AvgIpc) is 3.26. The van der Waals surface area contributed by atoms with E-state index in [1.165, 1.54) is 4.57 Å². The minimum Gasteiger partial charge on any atom is -0.408 e. The van der Waals surface area contributed by atoms with Crippen molar-refractivity contribution < 1.29 is 14.0 Å². The molecule has 3 heterocycles. The van der Waals surface area contributed by atoms with Crippen LogP contribution in [0.15, 0.2) is 27.4 Å². The molecule has 2 amide bonds. The van der Waals surface area contributed by atoms with Gasteiger partial charge in [-0.25, -0.2) is 4.79 Å². The minimum absolute atomic E-state index is 0.0916. The number of nitrogens with zero attached hydrogens (tertiary/aromatic N) is 4. The Bertz CT molecular complexity index is 1090. The second-order valence-corrected chi connectivity index (χ2v) is 6.79. The highest BCUT2D eigenvalue weighted by Gasteiger charge is 2.20. The fourth-order valence-corrected chi connectivity index (χ4v) is 3.36. The number of aryl methyl sites for hydroxylation is 1. The molecule has 0 spiro atoms. The Balaban J connectivity index is 1.59. The molecule has 0 aliphatic carbocycles. The van der Waals surface area contributed by atoms with E-state index in [9.17, 15) is 14.4 Å². The van der Waals surface area contributed by atoms with E-state index in [1.54, 1.807) is 30.0 Å². The number of amides is 2. The van der Waals surface area contributed by atoms with Crippen LogP contribution in [0.4, 0.5) is 5.69 Å². The Kier molecular flexibility index (Phi) is 4.68. The molecule has 10 nitrogen and oxygen atoms in total. The van der Waals surface area contributed by atoms with Crippen molar-refractivity contribution >= 4 is 28.6 Å². The van der Waals surface area contributed by atoms with Crippen molar-refractivity contribution in [2.45, 2.75) is 32.7 Å². The molecule has 2 N–H and O–H groups in total. The number of aromatic nitrogens is 4. The number of hydrogen-bond donors (Lipinski definition) is 2. The Morgan fingerprint density at radius 3 is 2.71 bits per heavy atom. The molecule has 1 fully saturated rings. The first kappa shape index (κ1) is 18.0. The van der Waals surface area contributed by atoms with Crippen LogP contribution in [0.25, 0.3) is 11.1 Å². The van der Waals surface area contributed by atoms with Gasteiger partial charge in [-0.2, -0.15) is 15.4 Å². The monoisotopic (exact) mass is 384 g/mol. The average molecular weight is 384 g/mol. The van der Waals surface area contributed by atoms with Crippen LogP contribution in [0.3, 0.4) is 0 Å². The number of H-pyrrole nitrogens is 1. The molecule has 2 aromatic heterocycles. The first-order valence-electron chi connectivity index (χ1n) is 9.13. The van der Waals surface area contributed by atoms with Gasteiger partial charge >= 0.3 is 5.76 Å². The van der Waals surface area contributed by atoms with E-state index in [-0.39, 0.29) is 18.1 Å². The fraction of sp³-hybridized carbons (Fsp3) is 0.389. The third-order valence-electron chi connectivity index (χ3n) is 4.86. The lowest BCUT2D eigenvalue weighted by molar-refractivity contribution is -0.132. The molecule has 146 valence electrons. The van der Waals surface area contributed by atoms with Crippen molar-refractivity contribution in [2.75, 3.05) is 18.4 Å². The van der Waals surface area contributed by atoms with Gasteiger partial charge in [0.25, 0.3) is 5.91 Å². The van der Waals surface area contributed by atoms with Gasteiger partial charge in [0.2, 0.25) is 5.91 Å². The standard InChI is InChI=1S/C18H20N6O4/c1-11-16(21-22-20-11)17(26)19-12-5-6-14-13(9-12)24(18(27)28-14)10-15(25)23-7-3-2-4-8-23/h5-6,9H,2-4,7-8,10H2,1H3,(H,19,26)(H,20,21,22). The first-order valence-corrected chi connectivity index (χ1v) is 9.13. The van der Waals surface area contributed by atoms with Gasteiger partial charge in [0.1, 0.15) is 6.54 Å². The summed E-state index contributed by atoms with van der Waals surface area (Å²) < 4.78 is 6.53. The van der Waals surface area contributed by atoms with Crippen LogP contribution >= 0.6 is 0 Å². The summed E-state index contributed by atoms with van der Waals surface area (Å²) in [6, 6.07) is 4.82. The van der Waals surface area contributed by atoms with E-state index in [0.717, 1.165) is 19.3 Å². The van der Waals surface area contributed by atoms with E-state index >= 15 is 0 Å². The van der Waals surface area contributed by atoms with Crippen LogP contribution in [0.5, 0.6) is 0 Å². The van der Waals surface area contributed by atoms with Crippen LogP contribution in [0, 0.1) is 6.92 Å². The molecule has 1 aliphatic rings. The number of aromatic amines is 1. The Hall–Kier alpha value is -3.43. The quantitative estimate of drug-likeness (QED) is 0.698. The van der Waals surface area contributed by atoms with E-state index in [2.05, 4.69) is 20.7 Å². The molecule has 1 saturated heterocycles. The van der Waals surface area contributed by atoms with Gasteiger partial charge in [0, 0.05) is 18.8 Å². The highest BCUT2D eigenvalue weighted by atomic mass is 16.4. The summed E-state index contributed by atoms with van der Waals surface area (Å²) in [5.41, 5.74) is 1.92. The molecular weight excluding hydrogens is 364 g/mol. The van der Waals surface area contributed by atoms with E-state index in [0.29, 0.717) is 35.6 Å². The van der Waals surface area contributed by atoms with Gasteiger partial charge in [0.05, 0.1) is 11.2 Å². The number of nitrogens with one attached hydrogen (secondary N) is 2. The van der Waals surface area contributed by atoms with Crippen molar-refractivity contribution in [3.63, 3.8) is 0 Å². The van der Waals surface area contributed by atoms with Crippen molar-refractivity contribution in [1.82, 2.24) is 24.9 Å². The molecule has 28 heavy (non-hydrogen) atoms. The van der Waals surface area contributed by atoms with E-state index in [4.69, 9.17) is 4.42 Å². The van der Waals surface area contributed by atoms with Crippen LogP contribution in [-0.4, -0.2) is 49.8 Å². The number of likely N-dealkylation sites (tertiary alicyclic amines) is 1. The van der Waals surface area contributed by atoms with Gasteiger partial charge in [-0.3, -0.25) is 14.2 Å². The van der Waals surface area contributed by atoms with Crippen molar-refractivity contribution in [3.05, 3.63) is 40.1 Å². The van der Waals surface area contributed by atoms with Crippen LogP contribution < -0.4 is 11.1 Å². The summed E-state index contributed by atoms with van der Waals surface area (Å²) in [4.78, 5) is 38.9. The van der Waals surface area contributed by atoms with Crippen molar-refractivity contribution in [2.24, 2.45) is 0 Å². The number of rotatable bonds is 4. The lowest BCUT2D eigenvalue weighted by Gasteiger charge is -2.26. The maximum absolute atomic E-state index is 12.6. The summed E-state index contributed by atoms with van der Waals surface area (Å²) >= 11 is 0. The first-order chi connectivity index (χ1) is 13.5. The predicted octanol–water partition coefficient (Wildman–Crippen LogP) is 1.29. The molecule has 1 aliphatic heterocycles. The minimum atomic E-state index is -0.601. The number of fused-ring (bicyclic) bond motifs is 1. The van der Waals surface area contributed by atoms with Gasteiger partial charge in [-0.05, 0) is 44.4 Å². The van der Waals surface area contributed by atoms with Gasteiger partial charge < -0.3 is 14.6 Å². The SMILES string of the molecule is Cc1n[nH]nc1C(=O)Nc1ccc2oc(=O)n(CC(=O)N3CCCCC3)c2c1. The molecule has 0 unspecified atom stereocenters. The molecule has 0 atom stereocenters. The molecule has 4 rings (SSSR count). The predicted molar refractivity (Wildman–Crippen MR) is 100.0 cm³/mol. The third kappa shape index (κ3) is 3.40. The summed E-state index contributed by atoms with van der Waals surface area (Å²) in [6.07, 6.45) is 3.07. The third-order valence-corrected chi connectivity index (χ3v) is 4.86. The van der Waals surface area contributed by atoms with E-state index < -0.39 is 11.7 Å². The second kappa shape index (κ2) is 7.29. The number of anilines is 1. The number of piperidine rings is 1. The lowest BCUT2D eigenvalue weighted by atomic mass is 10.1. The number of carbonyl (C=O) groups excluding carboxylic acids is 2.